The zero-order chi connectivity index (χ0) is 8.84. The summed E-state index contributed by atoms with van der Waals surface area (Å²) in [5.41, 5.74) is 5.40. The quantitative estimate of drug-likeness (QED) is 0.640. The van der Waals surface area contributed by atoms with Crippen molar-refractivity contribution in [1.82, 2.24) is 5.48 Å². The van der Waals surface area contributed by atoms with Crippen LogP contribution in [0, 0.1) is 0 Å². The Morgan fingerprint density at radius 3 is 2.69 bits per heavy atom. The van der Waals surface area contributed by atoms with Crippen LogP contribution in [0.3, 0.4) is 0 Å². The predicted molar refractivity (Wildman–Crippen MR) is 49.9 cm³/mol. The van der Waals surface area contributed by atoms with Gasteiger partial charge in [-0.25, -0.2) is 5.48 Å². The van der Waals surface area contributed by atoms with Crippen LogP contribution in [0.15, 0.2) is 24.3 Å². The zero-order valence-electron chi connectivity index (χ0n) is 7.40. The van der Waals surface area contributed by atoms with Crippen molar-refractivity contribution in [1.29, 1.82) is 0 Å². The molecule has 2 N–H and O–H groups in total. The third-order valence-corrected chi connectivity index (χ3v) is 3.56. The molecule has 68 valence electrons. The fourth-order valence-electron chi connectivity index (χ4n) is 3.00. The van der Waals surface area contributed by atoms with Gasteiger partial charge in [-0.3, -0.25) is 0 Å². The number of hydrogen-bond donors (Lipinski definition) is 2. The zero-order valence-corrected chi connectivity index (χ0v) is 7.40. The number of benzene rings is 1. The average molecular weight is 175 g/mol. The molecule has 3 atom stereocenters. The maximum absolute atomic E-state index is 8.96. The highest BCUT2D eigenvalue weighted by Gasteiger charge is 2.43. The van der Waals surface area contributed by atoms with Gasteiger partial charge in [0.15, 0.2) is 0 Å². The Labute approximate surface area is 77.5 Å². The third-order valence-electron chi connectivity index (χ3n) is 3.56. The lowest BCUT2D eigenvalue weighted by Gasteiger charge is -2.22. The first-order valence-electron chi connectivity index (χ1n) is 4.88. The van der Waals surface area contributed by atoms with Crippen molar-refractivity contribution in [2.75, 3.05) is 0 Å². The number of fused-ring (bicyclic) bond motifs is 5. The summed E-state index contributed by atoms with van der Waals surface area (Å²) in [6.45, 7) is 0. The standard InChI is InChI=1S/C11H13NO/c13-12-11-6-7-5-10(11)9-4-2-1-3-8(7)9/h1-4,7,10-13H,5-6H2. The van der Waals surface area contributed by atoms with E-state index >= 15 is 0 Å². The van der Waals surface area contributed by atoms with Crippen molar-refractivity contribution >= 4 is 0 Å². The summed E-state index contributed by atoms with van der Waals surface area (Å²) in [5.74, 6) is 1.23. The van der Waals surface area contributed by atoms with Crippen molar-refractivity contribution in [2.24, 2.45) is 0 Å². The molecule has 2 nitrogen and oxygen atoms in total. The predicted octanol–water partition coefficient (Wildman–Crippen LogP) is 2.01. The summed E-state index contributed by atoms with van der Waals surface area (Å²) >= 11 is 0. The smallest absolute Gasteiger partial charge is 0.0394 e. The number of hydroxylamine groups is 1. The summed E-state index contributed by atoms with van der Waals surface area (Å²) in [5, 5.41) is 8.96. The van der Waals surface area contributed by atoms with E-state index in [1.807, 2.05) is 0 Å². The fourth-order valence-corrected chi connectivity index (χ4v) is 3.00. The Balaban J connectivity index is 2.07. The highest BCUT2D eigenvalue weighted by Crippen LogP contribution is 2.52. The van der Waals surface area contributed by atoms with E-state index in [1.165, 1.54) is 17.5 Å². The molecule has 3 rings (SSSR count). The van der Waals surface area contributed by atoms with E-state index in [4.69, 9.17) is 5.21 Å². The Morgan fingerprint density at radius 1 is 1.15 bits per heavy atom. The van der Waals surface area contributed by atoms with E-state index in [-0.39, 0.29) is 0 Å². The number of nitrogens with one attached hydrogen (secondary N) is 1. The van der Waals surface area contributed by atoms with Gasteiger partial charge in [0, 0.05) is 12.0 Å². The summed E-state index contributed by atoms with van der Waals surface area (Å²) in [4.78, 5) is 0. The summed E-state index contributed by atoms with van der Waals surface area (Å²) in [7, 11) is 0. The first-order chi connectivity index (χ1) is 6.40. The van der Waals surface area contributed by atoms with E-state index in [0.717, 1.165) is 6.42 Å². The molecule has 0 aliphatic heterocycles. The second kappa shape index (κ2) is 2.56. The first kappa shape index (κ1) is 7.54. The number of hydrogen-bond acceptors (Lipinski definition) is 2. The largest absolute Gasteiger partial charge is 0.317 e. The Morgan fingerprint density at radius 2 is 1.92 bits per heavy atom. The van der Waals surface area contributed by atoms with Crippen LogP contribution in [-0.2, 0) is 0 Å². The highest BCUT2D eigenvalue weighted by molar-refractivity contribution is 5.42. The van der Waals surface area contributed by atoms with E-state index in [0.29, 0.717) is 17.9 Å². The lowest BCUT2D eigenvalue weighted by Crippen LogP contribution is -2.30. The van der Waals surface area contributed by atoms with Gasteiger partial charge in [0.05, 0.1) is 0 Å². The van der Waals surface area contributed by atoms with E-state index in [2.05, 4.69) is 29.7 Å². The molecule has 2 bridgehead atoms. The molecule has 13 heavy (non-hydrogen) atoms. The monoisotopic (exact) mass is 175 g/mol. The molecule has 0 radical (unpaired) electrons. The first-order valence-corrected chi connectivity index (χ1v) is 4.88. The van der Waals surface area contributed by atoms with Gasteiger partial charge in [-0.05, 0) is 29.9 Å². The van der Waals surface area contributed by atoms with Gasteiger partial charge >= 0.3 is 0 Å². The van der Waals surface area contributed by atoms with Crippen LogP contribution in [0.25, 0.3) is 0 Å². The molecule has 1 fully saturated rings. The van der Waals surface area contributed by atoms with Gasteiger partial charge < -0.3 is 5.21 Å². The lowest BCUT2D eigenvalue weighted by molar-refractivity contribution is 0.118. The van der Waals surface area contributed by atoms with Crippen molar-refractivity contribution in [3.05, 3.63) is 35.4 Å². The molecule has 0 heterocycles. The molecular formula is C11H13NO. The van der Waals surface area contributed by atoms with Crippen LogP contribution in [0.1, 0.15) is 35.8 Å². The molecule has 2 aliphatic carbocycles. The fraction of sp³-hybridized carbons (Fsp3) is 0.455. The molecule has 0 saturated heterocycles. The number of rotatable bonds is 1. The molecule has 0 amide bonds. The van der Waals surface area contributed by atoms with Crippen molar-refractivity contribution < 1.29 is 5.21 Å². The second-order valence-electron chi connectivity index (χ2n) is 4.14. The van der Waals surface area contributed by atoms with Gasteiger partial charge in [0.1, 0.15) is 0 Å². The summed E-state index contributed by atoms with van der Waals surface area (Å²) in [6.07, 6.45) is 2.32. The van der Waals surface area contributed by atoms with Crippen LogP contribution in [0.4, 0.5) is 0 Å². The molecule has 2 aliphatic rings. The molecule has 1 aromatic carbocycles. The van der Waals surface area contributed by atoms with Crippen LogP contribution < -0.4 is 5.48 Å². The minimum absolute atomic E-state index is 0.292. The molecule has 1 aromatic rings. The highest BCUT2D eigenvalue weighted by atomic mass is 16.5. The SMILES string of the molecule is ONC1CC2CC1c1ccccc12. The Hall–Kier alpha value is -0.860. The van der Waals surface area contributed by atoms with E-state index in [9.17, 15) is 0 Å². The Kier molecular flexibility index (Phi) is 1.49. The van der Waals surface area contributed by atoms with E-state index < -0.39 is 0 Å². The molecule has 2 heteroatoms. The van der Waals surface area contributed by atoms with Gasteiger partial charge in [0.2, 0.25) is 0 Å². The third kappa shape index (κ3) is 0.901. The van der Waals surface area contributed by atoms with Crippen LogP contribution >= 0.6 is 0 Å². The van der Waals surface area contributed by atoms with Crippen molar-refractivity contribution in [3.8, 4) is 0 Å². The summed E-state index contributed by atoms with van der Waals surface area (Å²) in [6, 6.07) is 8.92. The molecular weight excluding hydrogens is 162 g/mol. The maximum Gasteiger partial charge on any atom is 0.0394 e. The van der Waals surface area contributed by atoms with Crippen LogP contribution in [0.5, 0.6) is 0 Å². The topological polar surface area (TPSA) is 32.3 Å². The van der Waals surface area contributed by atoms with Gasteiger partial charge in [-0.2, -0.15) is 0 Å². The minimum Gasteiger partial charge on any atom is -0.317 e. The van der Waals surface area contributed by atoms with Crippen LogP contribution in [-0.4, -0.2) is 11.2 Å². The molecule has 1 saturated carbocycles. The van der Waals surface area contributed by atoms with Gasteiger partial charge in [0.25, 0.3) is 0 Å². The second-order valence-corrected chi connectivity index (χ2v) is 4.14. The van der Waals surface area contributed by atoms with Crippen molar-refractivity contribution in [3.63, 3.8) is 0 Å². The normalized spacial score (nSPS) is 35.0. The molecule has 0 spiro atoms. The maximum atomic E-state index is 8.96. The van der Waals surface area contributed by atoms with Crippen LogP contribution in [0.2, 0.25) is 0 Å². The molecule has 0 aromatic heterocycles. The minimum atomic E-state index is 0.292. The average Bonchev–Trinajstić information content (AvgIpc) is 2.75. The summed E-state index contributed by atoms with van der Waals surface area (Å²) < 4.78 is 0. The Bertz CT molecular complexity index is 335. The van der Waals surface area contributed by atoms with Gasteiger partial charge in [-0.15, -0.1) is 0 Å². The van der Waals surface area contributed by atoms with E-state index in [1.54, 1.807) is 0 Å². The van der Waals surface area contributed by atoms with Crippen molar-refractivity contribution in [2.45, 2.75) is 30.7 Å². The lowest BCUT2D eigenvalue weighted by atomic mass is 9.89. The van der Waals surface area contributed by atoms with Gasteiger partial charge in [-0.1, -0.05) is 24.3 Å². The molecule has 3 unspecified atom stereocenters.